The molecule has 1 aromatic heterocycles. The summed E-state index contributed by atoms with van der Waals surface area (Å²) in [5.74, 6) is -0.749. The van der Waals surface area contributed by atoms with Gasteiger partial charge in [-0.15, -0.1) is 0 Å². The second kappa shape index (κ2) is 12.2. The van der Waals surface area contributed by atoms with Crippen LogP contribution in [0.25, 0.3) is 10.8 Å². The van der Waals surface area contributed by atoms with Crippen LogP contribution in [0.4, 0.5) is 4.79 Å². The van der Waals surface area contributed by atoms with Crippen molar-refractivity contribution in [1.29, 1.82) is 0 Å². The summed E-state index contributed by atoms with van der Waals surface area (Å²) in [6.45, 7) is 11.7. The summed E-state index contributed by atoms with van der Waals surface area (Å²) in [7, 11) is 1.58. The molecule has 0 saturated carbocycles. The minimum atomic E-state index is -1.39. The summed E-state index contributed by atoms with van der Waals surface area (Å²) in [5.41, 5.74) is 4.22. The molecular weight excluding hydrogens is 528 g/mol. The average molecular weight is 569 g/mol. The first kappa shape index (κ1) is 31.4. The van der Waals surface area contributed by atoms with Gasteiger partial charge in [-0.1, -0.05) is 19.4 Å². The SMILES string of the molecule is COc1ccc2c(O[C@@H]3C[C@@H](C(N)=O)N(C(=O)[C@@H](NC(=O)OC(C)(C)C)C(C)(C)C(=O)C=C(C)C)C3)nccc2c1. The Morgan fingerprint density at radius 3 is 2.39 bits per heavy atom. The van der Waals surface area contributed by atoms with Crippen LogP contribution in [0.15, 0.2) is 42.1 Å². The Kier molecular flexibility index (Phi) is 9.30. The zero-order valence-electron chi connectivity index (χ0n) is 24.9. The zero-order chi connectivity index (χ0) is 30.7. The van der Waals surface area contributed by atoms with Crippen LogP contribution in [0.5, 0.6) is 11.6 Å². The molecule has 1 aliphatic rings. The van der Waals surface area contributed by atoms with Gasteiger partial charge in [0.1, 0.15) is 29.5 Å². The maximum absolute atomic E-state index is 14.1. The first-order chi connectivity index (χ1) is 19.0. The van der Waals surface area contributed by atoms with Crippen molar-refractivity contribution < 1.29 is 33.4 Å². The molecule has 1 aromatic carbocycles. The Labute approximate surface area is 240 Å². The van der Waals surface area contributed by atoms with Crippen molar-refractivity contribution >= 4 is 34.5 Å². The van der Waals surface area contributed by atoms with Gasteiger partial charge in [0.05, 0.1) is 19.1 Å². The van der Waals surface area contributed by atoms with E-state index in [1.165, 1.54) is 11.0 Å². The highest BCUT2D eigenvalue weighted by Gasteiger charge is 2.48. The first-order valence-electron chi connectivity index (χ1n) is 13.4. The lowest BCUT2D eigenvalue weighted by Crippen LogP contribution is -2.60. The molecule has 3 atom stereocenters. The number of nitrogens with two attached hydrogens (primary N) is 1. The predicted octanol–water partition coefficient (Wildman–Crippen LogP) is 3.53. The standard InChI is InChI=1S/C30H40N4O7/c1-17(2)13-23(35)30(6,7)24(33-28(38)41-29(3,4)5)27(37)34-16-20(15-22(34)25(31)36)40-26-21-10-9-19(39-8)14-18(21)11-12-32-26/h9-14,20,22,24H,15-16H2,1-8H3,(H2,31,36)(H,33,38)/t20-,22+,24-/m1/s1. The molecule has 3 N–H and O–H groups in total. The Morgan fingerprint density at radius 2 is 1.80 bits per heavy atom. The fourth-order valence-corrected chi connectivity index (χ4v) is 4.64. The number of nitrogens with zero attached hydrogens (tertiary/aromatic N) is 2. The Hall–Kier alpha value is -4.15. The third-order valence-electron chi connectivity index (χ3n) is 6.77. The number of aromatic nitrogens is 1. The Bertz CT molecular complexity index is 1360. The van der Waals surface area contributed by atoms with Crippen molar-refractivity contribution in [3.8, 4) is 11.6 Å². The molecule has 1 aliphatic heterocycles. The molecule has 41 heavy (non-hydrogen) atoms. The van der Waals surface area contributed by atoms with Crippen molar-refractivity contribution in [3.63, 3.8) is 0 Å². The van der Waals surface area contributed by atoms with Gasteiger partial charge in [0.15, 0.2) is 5.78 Å². The van der Waals surface area contributed by atoms with Gasteiger partial charge in [0.2, 0.25) is 17.7 Å². The number of methoxy groups -OCH3 is 1. The van der Waals surface area contributed by atoms with Crippen LogP contribution in [0.2, 0.25) is 0 Å². The molecule has 3 amide bonds. The topological polar surface area (TPSA) is 150 Å². The maximum Gasteiger partial charge on any atom is 0.408 e. The lowest BCUT2D eigenvalue weighted by Gasteiger charge is -2.36. The molecule has 0 radical (unpaired) electrons. The summed E-state index contributed by atoms with van der Waals surface area (Å²) >= 11 is 0. The molecule has 0 bridgehead atoms. The molecule has 2 aromatic rings. The highest BCUT2D eigenvalue weighted by atomic mass is 16.6. The van der Waals surface area contributed by atoms with Crippen LogP contribution in [-0.4, -0.2) is 71.0 Å². The van der Waals surface area contributed by atoms with Crippen LogP contribution in [0, 0.1) is 5.41 Å². The third kappa shape index (κ3) is 7.53. The third-order valence-corrected chi connectivity index (χ3v) is 6.77. The van der Waals surface area contributed by atoms with Crippen LogP contribution in [0.3, 0.4) is 0 Å². The van der Waals surface area contributed by atoms with E-state index in [1.807, 2.05) is 18.2 Å². The number of allylic oxidation sites excluding steroid dienone is 2. The van der Waals surface area contributed by atoms with Crippen molar-refractivity contribution in [2.45, 2.75) is 78.7 Å². The molecular formula is C30H40N4O7. The zero-order valence-corrected chi connectivity index (χ0v) is 24.9. The number of hydrogen-bond acceptors (Lipinski definition) is 8. The molecule has 11 heteroatoms. The minimum Gasteiger partial charge on any atom is -0.497 e. The van der Waals surface area contributed by atoms with E-state index < -0.39 is 47.1 Å². The molecule has 0 spiro atoms. The highest BCUT2D eigenvalue weighted by Crippen LogP contribution is 2.32. The normalized spacial score (nSPS) is 17.9. The summed E-state index contributed by atoms with van der Waals surface area (Å²) in [6, 6.07) is 4.88. The average Bonchev–Trinajstić information content (AvgIpc) is 3.29. The largest absolute Gasteiger partial charge is 0.497 e. The number of fused-ring (bicyclic) bond motifs is 1. The molecule has 3 rings (SSSR count). The summed E-state index contributed by atoms with van der Waals surface area (Å²) in [5, 5.41) is 4.15. The van der Waals surface area contributed by atoms with E-state index in [0.29, 0.717) is 11.6 Å². The number of hydrogen-bond donors (Lipinski definition) is 2. The first-order valence-corrected chi connectivity index (χ1v) is 13.4. The van der Waals surface area contributed by atoms with Gasteiger partial charge in [-0.25, -0.2) is 9.78 Å². The van der Waals surface area contributed by atoms with Gasteiger partial charge in [-0.3, -0.25) is 14.4 Å². The number of benzene rings is 1. The molecule has 0 unspecified atom stereocenters. The van der Waals surface area contributed by atoms with Gasteiger partial charge >= 0.3 is 6.09 Å². The van der Waals surface area contributed by atoms with E-state index in [4.69, 9.17) is 19.9 Å². The van der Waals surface area contributed by atoms with Gasteiger partial charge < -0.3 is 30.2 Å². The Balaban J connectivity index is 1.94. The molecule has 1 fully saturated rings. The van der Waals surface area contributed by atoms with E-state index in [0.717, 1.165) is 16.3 Å². The van der Waals surface area contributed by atoms with Crippen LogP contribution in [0.1, 0.15) is 54.9 Å². The predicted molar refractivity (Wildman–Crippen MR) is 153 cm³/mol. The number of likely N-dealkylation sites (tertiary alicyclic amines) is 1. The summed E-state index contributed by atoms with van der Waals surface area (Å²) < 4.78 is 16.9. The minimum absolute atomic E-state index is 0.0138. The smallest absolute Gasteiger partial charge is 0.408 e. The van der Waals surface area contributed by atoms with E-state index in [9.17, 15) is 19.2 Å². The van der Waals surface area contributed by atoms with E-state index in [-0.39, 0.29) is 18.7 Å². The molecule has 11 nitrogen and oxygen atoms in total. The number of rotatable bonds is 9. The van der Waals surface area contributed by atoms with Crippen LogP contribution < -0.4 is 20.5 Å². The number of pyridine rings is 1. The van der Waals surface area contributed by atoms with Crippen molar-refractivity contribution in [3.05, 3.63) is 42.1 Å². The second-order valence-electron chi connectivity index (χ2n) is 12.0. The van der Waals surface area contributed by atoms with E-state index >= 15 is 0 Å². The number of amides is 3. The fraction of sp³-hybridized carbons (Fsp3) is 0.500. The lowest BCUT2D eigenvalue weighted by molar-refractivity contribution is -0.144. The molecule has 1 saturated heterocycles. The van der Waals surface area contributed by atoms with Gasteiger partial charge in [0.25, 0.3) is 0 Å². The molecule has 2 heterocycles. The lowest BCUT2D eigenvalue weighted by atomic mass is 9.78. The summed E-state index contributed by atoms with van der Waals surface area (Å²) in [6.07, 6.45) is 1.62. The van der Waals surface area contributed by atoms with Crippen molar-refractivity contribution in [1.82, 2.24) is 15.2 Å². The van der Waals surface area contributed by atoms with Gasteiger partial charge in [-0.05, 0) is 70.3 Å². The number of alkyl carbamates (subject to hydrolysis) is 1. The Morgan fingerprint density at radius 1 is 1.12 bits per heavy atom. The molecule has 222 valence electrons. The number of primary amides is 1. The van der Waals surface area contributed by atoms with Gasteiger partial charge in [0, 0.05) is 18.0 Å². The van der Waals surface area contributed by atoms with Crippen LogP contribution >= 0.6 is 0 Å². The van der Waals surface area contributed by atoms with Crippen LogP contribution in [-0.2, 0) is 19.1 Å². The monoisotopic (exact) mass is 568 g/mol. The second-order valence-corrected chi connectivity index (χ2v) is 12.0. The molecule has 0 aliphatic carbocycles. The summed E-state index contributed by atoms with van der Waals surface area (Å²) in [4.78, 5) is 58.2. The quantitative estimate of drug-likeness (QED) is 0.436. The maximum atomic E-state index is 14.1. The number of ketones is 1. The van der Waals surface area contributed by atoms with Crippen molar-refractivity contribution in [2.24, 2.45) is 11.1 Å². The number of carbonyl (C=O) groups is 4. The van der Waals surface area contributed by atoms with Gasteiger partial charge in [-0.2, -0.15) is 0 Å². The van der Waals surface area contributed by atoms with Crippen molar-refractivity contribution in [2.75, 3.05) is 13.7 Å². The highest BCUT2D eigenvalue weighted by molar-refractivity contribution is 6.02. The number of ether oxygens (including phenoxy) is 3. The van der Waals surface area contributed by atoms with E-state index in [1.54, 1.807) is 67.8 Å². The van der Waals surface area contributed by atoms with E-state index in [2.05, 4.69) is 10.3 Å². The number of nitrogens with one attached hydrogen (secondary N) is 1. The number of carbonyl (C=O) groups excluding carboxylic acids is 4. The fourth-order valence-electron chi connectivity index (χ4n) is 4.64.